The Bertz CT molecular complexity index is 1010. The van der Waals surface area contributed by atoms with Crippen molar-refractivity contribution >= 4 is 5.91 Å². The van der Waals surface area contributed by atoms with Crippen molar-refractivity contribution in [2.45, 2.75) is 25.9 Å². The van der Waals surface area contributed by atoms with E-state index in [0.717, 1.165) is 0 Å². The van der Waals surface area contributed by atoms with Crippen LogP contribution in [0.4, 0.5) is 4.39 Å². The Morgan fingerprint density at radius 3 is 2.97 bits per heavy atom. The quantitative estimate of drug-likeness (QED) is 0.653. The van der Waals surface area contributed by atoms with E-state index in [1.807, 2.05) is 0 Å². The zero-order valence-corrected chi connectivity index (χ0v) is 15.9. The molecular formula is C20H20FN5O3. The van der Waals surface area contributed by atoms with Crippen LogP contribution >= 0.6 is 0 Å². The van der Waals surface area contributed by atoms with Crippen molar-refractivity contribution in [1.82, 2.24) is 25.0 Å². The molecule has 0 bridgehead atoms. The highest BCUT2D eigenvalue weighted by atomic mass is 19.1. The molecule has 150 valence electrons. The summed E-state index contributed by atoms with van der Waals surface area (Å²) >= 11 is 0. The lowest BCUT2D eigenvalue weighted by atomic mass is 10.0. The van der Waals surface area contributed by atoms with Crippen LogP contribution in [-0.4, -0.2) is 50.6 Å². The third-order valence-electron chi connectivity index (χ3n) is 4.67. The highest BCUT2D eigenvalue weighted by Crippen LogP contribution is 2.29. The number of aryl methyl sites for hydroxylation is 2. The summed E-state index contributed by atoms with van der Waals surface area (Å²) in [5, 5.41) is 3.73. The van der Waals surface area contributed by atoms with Gasteiger partial charge in [0.1, 0.15) is 11.9 Å². The van der Waals surface area contributed by atoms with Crippen LogP contribution in [0.25, 0.3) is 11.3 Å². The van der Waals surface area contributed by atoms with Crippen LogP contribution < -0.4 is 0 Å². The van der Waals surface area contributed by atoms with Crippen molar-refractivity contribution in [1.29, 1.82) is 0 Å². The largest absolute Gasteiger partial charge is 0.368 e. The number of rotatable bonds is 5. The Kier molecular flexibility index (Phi) is 5.57. The first-order chi connectivity index (χ1) is 14.1. The molecule has 8 nitrogen and oxygen atoms in total. The molecule has 1 aromatic carbocycles. The van der Waals surface area contributed by atoms with E-state index in [2.05, 4.69) is 20.1 Å². The molecule has 1 atom stereocenters. The van der Waals surface area contributed by atoms with Crippen LogP contribution in [0, 0.1) is 12.7 Å². The normalized spacial score (nSPS) is 16.8. The van der Waals surface area contributed by atoms with Gasteiger partial charge in [0.05, 0.1) is 24.5 Å². The van der Waals surface area contributed by atoms with Gasteiger partial charge in [0.2, 0.25) is 11.8 Å². The highest BCUT2D eigenvalue weighted by molar-refractivity contribution is 5.76. The van der Waals surface area contributed by atoms with Crippen LogP contribution in [-0.2, 0) is 16.0 Å². The number of carbonyl (C=O) groups is 1. The van der Waals surface area contributed by atoms with Crippen LogP contribution in [0.2, 0.25) is 0 Å². The van der Waals surface area contributed by atoms with E-state index in [0.29, 0.717) is 54.8 Å². The smallest absolute Gasteiger partial charge is 0.227 e. The number of hydrogen-bond acceptors (Lipinski definition) is 7. The van der Waals surface area contributed by atoms with Gasteiger partial charge in [-0.2, -0.15) is 4.98 Å². The minimum atomic E-state index is -0.440. The van der Waals surface area contributed by atoms with Crippen molar-refractivity contribution < 1.29 is 18.4 Å². The second-order valence-electron chi connectivity index (χ2n) is 6.74. The Labute approximate surface area is 166 Å². The zero-order chi connectivity index (χ0) is 20.2. The van der Waals surface area contributed by atoms with Crippen LogP contribution in [0.1, 0.15) is 29.9 Å². The number of amides is 1. The molecule has 3 aromatic rings. The number of hydrogen-bond donors (Lipinski definition) is 0. The van der Waals surface area contributed by atoms with Gasteiger partial charge >= 0.3 is 0 Å². The second kappa shape index (κ2) is 8.44. The molecule has 29 heavy (non-hydrogen) atoms. The maximum absolute atomic E-state index is 13.7. The Morgan fingerprint density at radius 2 is 2.17 bits per heavy atom. The summed E-state index contributed by atoms with van der Waals surface area (Å²) in [6, 6.07) is 6.18. The van der Waals surface area contributed by atoms with Gasteiger partial charge in [-0.3, -0.25) is 14.8 Å². The van der Waals surface area contributed by atoms with Crippen molar-refractivity contribution in [3.63, 3.8) is 0 Å². The minimum absolute atomic E-state index is 0.0228. The molecule has 0 radical (unpaired) electrons. The predicted octanol–water partition coefficient (Wildman–Crippen LogP) is 2.51. The Morgan fingerprint density at radius 1 is 1.31 bits per heavy atom. The molecule has 0 unspecified atom stereocenters. The summed E-state index contributed by atoms with van der Waals surface area (Å²) in [4.78, 5) is 27.3. The van der Waals surface area contributed by atoms with Crippen LogP contribution in [0.15, 0.2) is 41.2 Å². The summed E-state index contributed by atoms with van der Waals surface area (Å²) in [6.45, 7) is 2.96. The fraction of sp³-hybridized carbons (Fsp3) is 0.350. The Hall–Kier alpha value is -3.20. The number of halogens is 1. The summed E-state index contributed by atoms with van der Waals surface area (Å²) in [5.41, 5.74) is 1.75. The minimum Gasteiger partial charge on any atom is -0.368 e. The first kappa shape index (κ1) is 19.1. The lowest BCUT2D eigenvalue weighted by Gasteiger charge is -2.33. The molecule has 0 spiro atoms. The molecule has 1 saturated heterocycles. The summed E-state index contributed by atoms with van der Waals surface area (Å²) in [7, 11) is 0. The summed E-state index contributed by atoms with van der Waals surface area (Å²) in [5.74, 6) is 0.622. The summed E-state index contributed by atoms with van der Waals surface area (Å²) < 4.78 is 24.6. The summed E-state index contributed by atoms with van der Waals surface area (Å²) in [6.07, 6.45) is 3.35. The van der Waals surface area contributed by atoms with Gasteiger partial charge in [0.25, 0.3) is 0 Å². The van der Waals surface area contributed by atoms with Crippen molar-refractivity contribution in [2.24, 2.45) is 0 Å². The van der Waals surface area contributed by atoms with E-state index in [1.54, 1.807) is 36.4 Å². The third-order valence-corrected chi connectivity index (χ3v) is 4.67. The molecule has 1 amide bonds. The molecular weight excluding hydrogens is 377 g/mol. The highest BCUT2D eigenvalue weighted by Gasteiger charge is 2.28. The molecule has 1 fully saturated rings. The molecule has 4 rings (SSSR count). The van der Waals surface area contributed by atoms with Gasteiger partial charge in [0, 0.05) is 37.3 Å². The molecule has 1 aliphatic heterocycles. The van der Waals surface area contributed by atoms with Crippen LogP contribution in [0.5, 0.6) is 0 Å². The standard InChI is InChI=1S/C20H20FN5O3/c1-13-24-17(29-25-13)5-6-18(27)26-9-10-28-16(12-26)20-19(22-7-8-23-20)14-3-2-4-15(21)11-14/h2-4,7-8,11,16H,5-6,9-10,12H2,1H3/t16-/m1/s1. The van der Waals surface area contributed by atoms with Crippen LogP contribution in [0.3, 0.4) is 0 Å². The topological polar surface area (TPSA) is 94.2 Å². The number of morpholine rings is 1. The third kappa shape index (κ3) is 4.45. The van der Waals surface area contributed by atoms with Gasteiger partial charge in [-0.25, -0.2) is 4.39 Å². The number of ether oxygens (including phenoxy) is 1. The molecule has 9 heteroatoms. The van der Waals surface area contributed by atoms with Crippen molar-refractivity contribution in [2.75, 3.05) is 19.7 Å². The first-order valence-electron chi connectivity index (χ1n) is 9.35. The Balaban J connectivity index is 1.48. The van der Waals surface area contributed by atoms with E-state index in [4.69, 9.17) is 9.26 Å². The fourth-order valence-corrected chi connectivity index (χ4v) is 3.30. The molecule has 2 aromatic heterocycles. The van der Waals surface area contributed by atoms with E-state index < -0.39 is 6.10 Å². The lowest BCUT2D eigenvalue weighted by molar-refractivity contribution is -0.139. The molecule has 1 aliphatic rings. The van der Waals surface area contributed by atoms with E-state index in [-0.39, 0.29) is 18.1 Å². The van der Waals surface area contributed by atoms with Gasteiger partial charge in [-0.1, -0.05) is 17.3 Å². The molecule has 0 aliphatic carbocycles. The fourth-order valence-electron chi connectivity index (χ4n) is 3.30. The maximum Gasteiger partial charge on any atom is 0.227 e. The monoisotopic (exact) mass is 397 g/mol. The van der Waals surface area contributed by atoms with Gasteiger partial charge in [-0.15, -0.1) is 0 Å². The molecule has 3 heterocycles. The number of benzene rings is 1. The van der Waals surface area contributed by atoms with E-state index >= 15 is 0 Å². The second-order valence-corrected chi connectivity index (χ2v) is 6.74. The maximum atomic E-state index is 13.7. The molecule has 0 saturated carbocycles. The zero-order valence-electron chi connectivity index (χ0n) is 15.9. The predicted molar refractivity (Wildman–Crippen MR) is 100 cm³/mol. The average Bonchev–Trinajstić information content (AvgIpc) is 3.17. The van der Waals surface area contributed by atoms with Gasteiger partial charge in [0.15, 0.2) is 5.82 Å². The molecule has 0 N–H and O–H groups in total. The first-order valence-corrected chi connectivity index (χ1v) is 9.35. The SMILES string of the molecule is Cc1noc(CCC(=O)N2CCO[C@@H](c3nccnc3-c3cccc(F)c3)C2)n1. The van der Waals surface area contributed by atoms with E-state index in [9.17, 15) is 9.18 Å². The van der Waals surface area contributed by atoms with E-state index in [1.165, 1.54) is 12.1 Å². The van der Waals surface area contributed by atoms with Gasteiger partial charge in [-0.05, 0) is 19.1 Å². The van der Waals surface area contributed by atoms with Gasteiger partial charge < -0.3 is 14.2 Å². The van der Waals surface area contributed by atoms with Crippen molar-refractivity contribution in [3.05, 3.63) is 59.9 Å². The lowest BCUT2D eigenvalue weighted by Crippen LogP contribution is -2.42. The number of carbonyl (C=O) groups excluding carboxylic acids is 1. The average molecular weight is 397 g/mol. The number of aromatic nitrogens is 4. The number of nitrogens with zero attached hydrogens (tertiary/aromatic N) is 5. The van der Waals surface area contributed by atoms with Crippen molar-refractivity contribution in [3.8, 4) is 11.3 Å².